The zero-order valence-electron chi connectivity index (χ0n) is 12.2. The second kappa shape index (κ2) is 6.04. The highest BCUT2D eigenvalue weighted by Gasteiger charge is 2.29. The summed E-state index contributed by atoms with van der Waals surface area (Å²) in [4.78, 5) is 5.20. The normalized spacial score (nSPS) is 25.4. The number of fused-ring (bicyclic) bond motifs is 1. The Kier molecular flexibility index (Phi) is 4.34. The number of hydrogen-bond donors (Lipinski definition) is 1. The Labute approximate surface area is 130 Å². The summed E-state index contributed by atoms with van der Waals surface area (Å²) in [6, 6.07) is 7.40. The van der Waals surface area contributed by atoms with Crippen molar-refractivity contribution in [1.82, 2.24) is 4.90 Å². The molecule has 2 atom stereocenters. The van der Waals surface area contributed by atoms with Crippen LogP contribution in [-0.4, -0.2) is 37.1 Å². The molecule has 2 N–H and O–H groups in total. The maximum Gasteiger partial charge on any atom is 0.0511 e. The monoisotopic (exact) mass is 337 g/mol. The molecule has 1 aromatic rings. The molecule has 0 aliphatic carbocycles. The molecular formula is C16H24BrN3. The van der Waals surface area contributed by atoms with E-state index < -0.39 is 0 Å². The lowest BCUT2D eigenvalue weighted by atomic mass is 9.99. The number of halogens is 1. The maximum atomic E-state index is 5.96. The molecular weight excluding hydrogens is 314 g/mol. The number of piperidine rings is 1. The summed E-state index contributed by atoms with van der Waals surface area (Å²) in [7, 11) is 0. The summed E-state index contributed by atoms with van der Waals surface area (Å²) in [5.74, 6) is 0. The summed E-state index contributed by atoms with van der Waals surface area (Å²) in [6.45, 7) is 6.82. The van der Waals surface area contributed by atoms with Gasteiger partial charge in [-0.2, -0.15) is 0 Å². The van der Waals surface area contributed by atoms with Crippen molar-refractivity contribution < 1.29 is 0 Å². The third kappa shape index (κ3) is 2.87. The minimum absolute atomic E-state index is 0.0931. The van der Waals surface area contributed by atoms with Crippen molar-refractivity contribution in [3.8, 4) is 0 Å². The van der Waals surface area contributed by atoms with Gasteiger partial charge in [-0.25, -0.2) is 0 Å². The molecule has 2 fully saturated rings. The van der Waals surface area contributed by atoms with E-state index in [9.17, 15) is 0 Å². The van der Waals surface area contributed by atoms with E-state index in [0.29, 0.717) is 0 Å². The lowest BCUT2D eigenvalue weighted by Gasteiger charge is -2.45. The highest BCUT2D eigenvalue weighted by molar-refractivity contribution is 9.10. The van der Waals surface area contributed by atoms with Crippen LogP contribution in [0.4, 0.5) is 5.69 Å². The SMILES string of the molecule is C[C@H](N)c1ccc(N2CCN3CCCCC3C2)c(Br)c1. The van der Waals surface area contributed by atoms with Crippen LogP contribution in [0.25, 0.3) is 0 Å². The molecule has 0 radical (unpaired) electrons. The first-order valence-corrected chi connectivity index (χ1v) is 8.48. The summed E-state index contributed by atoms with van der Waals surface area (Å²) >= 11 is 3.73. The lowest BCUT2D eigenvalue weighted by Crippen LogP contribution is -2.55. The van der Waals surface area contributed by atoms with Gasteiger partial charge in [-0.05, 0) is 59.9 Å². The van der Waals surface area contributed by atoms with E-state index in [1.807, 2.05) is 6.92 Å². The molecule has 110 valence electrons. The molecule has 3 rings (SSSR count). The predicted molar refractivity (Wildman–Crippen MR) is 88.2 cm³/mol. The van der Waals surface area contributed by atoms with Crippen LogP contribution in [0.15, 0.2) is 22.7 Å². The molecule has 1 unspecified atom stereocenters. The Morgan fingerprint density at radius 2 is 2.10 bits per heavy atom. The highest BCUT2D eigenvalue weighted by atomic mass is 79.9. The fourth-order valence-corrected chi connectivity index (χ4v) is 4.08. The third-order valence-electron chi connectivity index (χ3n) is 4.68. The van der Waals surface area contributed by atoms with Gasteiger partial charge >= 0.3 is 0 Å². The van der Waals surface area contributed by atoms with Gasteiger partial charge in [0.15, 0.2) is 0 Å². The summed E-state index contributed by atoms with van der Waals surface area (Å²) in [5, 5.41) is 0. The van der Waals surface area contributed by atoms with Crippen molar-refractivity contribution in [2.45, 2.75) is 38.3 Å². The van der Waals surface area contributed by atoms with Gasteiger partial charge in [-0.3, -0.25) is 4.90 Å². The number of hydrogen-bond acceptors (Lipinski definition) is 3. The fourth-order valence-electron chi connectivity index (χ4n) is 3.44. The van der Waals surface area contributed by atoms with Gasteiger partial charge in [0, 0.05) is 36.2 Å². The molecule has 3 nitrogen and oxygen atoms in total. The van der Waals surface area contributed by atoms with E-state index in [1.165, 1.54) is 48.1 Å². The first-order valence-electron chi connectivity index (χ1n) is 7.69. The Bertz CT molecular complexity index is 475. The van der Waals surface area contributed by atoms with Gasteiger partial charge < -0.3 is 10.6 Å². The van der Waals surface area contributed by atoms with Crippen LogP contribution in [0.5, 0.6) is 0 Å². The smallest absolute Gasteiger partial charge is 0.0511 e. The Morgan fingerprint density at radius 1 is 1.25 bits per heavy atom. The molecule has 0 spiro atoms. The van der Waals surface area contributed by atoms with Crippen molar-refractivity contribution in [3.63, 3.8) is 0 Å². The van der Waals surface area contributed by atoms with E-state index in [2.05, 4.69) is 43.9 Å². The minimum Gasteiger partial charge on any atom is -0.368 e. The number of nitrogens with two attached hydrogens (primary N) is 1. The van der Waals surface area contributed by atoms with Crippen LogP contribution in [0.3, 0.4) is 0 Å². The molecule has 0 aromatic heterocycles. The van der Waals surface area contributed by atoms with Crippen molar-refractivity contribution in [1.29, 1.82) is 0 Å². The van der Waals surface area contributed by atoms with E-state index in [0.717, 1.165) is 19.1 Å². The lowest BCUT2D eigenvalue weighted by molar-refractivity contribution is 0.133. The molecule has 1 aromatic carbocycles. The van der Waals surface area contributed by atoms with Gasteiger partial charge in [-0.15, -0.1) is 0 Å². The van der Waals surface area contributed by atoms with Gasteiger partial charge in [0.1, 0.15) is 0 Å². The summed E-state index contributed by atoms with van der Waals surface area (Å²) in [5.41, 5.74) is 8.47. The van der Waals surface area contributed by atoms with Gasteiger partial charge in [0.05, 0.1) is 5.69 Å². The number of benzene rings is 1. The van der Waals surface area contributed by atoms with Crippen molar-refractivity contribution in [3.05, 3.63) is 28.2 Å². The minimum atomic E-state index is 0.0931. The second-order valence-electron chi connectivity index (χ2n) is 6.13. The van der Waals surface area contributed by atoms with Gasteiger partial charge in [-0.1, -0.05) is 12.5 Å². The summed E-state index contributed by atoms with van der Waals surface area (Å²) in [6.07, 6.45) is 4.12. The standard InChI is InChI=1S/C16H24BrN3/c1-12(18)13-5-6-16(15(17)10-13)20-9-8-19-7-3-2-4-14(19)11-20/h5-6,10,12,14H,2-4,7-9,11,18H2,1H3/t12-,14?/m0/s1. The van der Waals surface area contributed by atoms with E-state index in [-0.39, 0.29) is 6.04 Å². The van der Waals surface area contributed by atoms with Crippen LogP contribution in [0.1, 0.15) is 37.8 Å². The maximum absolute atomic E-state index is 5.96. The third-order valence-corrected chi connectivity index (χ3v) is 5.31. The van der Waals surface area contributed by atoms with E-state index in [1.54, 1.807) is 0 Å². The Balaban J connectivity index is 1.76. The van der Waals surface area contributed by atoms with Crippen LogP contribution < -0.4 is 10.6 Å². The average molecular weight is 338 g/mol. The zero-order chi connectivity index (χ0) is 14.1. The van der Waals surface area contributed by atoms with Crippen molar-refractivity contribution in [2.24, 2.45) is 5.73 Å². The molecule has 4 heteroatoms. The molecule has 0 saturated carbocycles. The zero-order valence-corrected chi connectivity index (χ0v) is 13.8. The van der Waals surface area contributed by atoms with Gasteiger partial charge in [0.2, 0.25) is 0 Å². The Hall–Kier alpha value is -0.580. The Morgan fingerprint density at radius 3 is 2.85 bits per heavy atom. The fraction of sp³-hybridized carbons (Fsp3) is 0.625. The average Bonchev–Trinajstić information content (AvgIpc) is 2.46. The summed E-state index contributed by atoms with van der Waals surface area (Å²) < 4.78 is 1.18. The molecule has 2 saturated heterocycles. The molecule has 20 heavy (non-hydrogen) atoms. The topological polar surface area (TPSA) is 32.5 Å². The molecule has 0 bridgehead atoms. The highest BCUT2D eigenvalue weighted by Crippen LogP contribution is 2.32. The number of nitrogens with zero attached hydrogens (tertiary/aromatic N) is 2. The van der Waals surface area contributed by atoms with E-state index >= 15 is 0 Å². The largest absolute Gasteiger partial charge is 0.368 e. The van der Waals surface area contributed by atoms with Crippen LogP contribution in [0.2, 0.25) is 0 Å². The van der Waals surface area contributed by atoms with E-state index in [4.69, 9.17) is 5.73 Å². The quantitative estimate of drug-likeness (QED) is 0.899. The number of piperazine rings is 1. The van der Waals surface area contributed by atoms with Gasteiger partial charge in [0.25, 0.3) is 0 Å². The van der Waals surface area contributed by atoms with Crippen LogP contribution >= 0.6 is 15.9 Å². The molecule has 2 heterocycles. The number of rotatable bonds is 2. The van der Waals surface area contributed by atoms with Crippen molar-refractivity contribution in [2.75, 3.05) is 31.1 Å². The molecule has 2 aliphatic heterocycles. The van der Waals surface area contributed by atoms with Crippen molar-refractivity contribution >= 4 is 21.6 Å². The first kappa shape index (κ1) is 14.4. The predicted octanol–water partition coefficient (Wildman–Crippen LogP) is 3.14. The second-order valence-corrected chi connectivity index (χ2v) is 6.99. The first-order chi connectivity index (χ1) is 9.65. The molecule has 0 amide bonds. The number of anilines is 1. The van der Waals surface area contributed by atoms with Crippen LogP contribution in [0, 0.1) is 0 Å². The molecule has 2 aliphatic rings. The van der Waals surface area contributed by atoms with Crippen LogP contribution in [-0.2, 0) is 0 Å².